The van der Waals surface area contributed by atoms with Crippen molar-refractivity contribution < 1.29 is 38.6 Å². The van der Waals surface area contributed by atoms with Crippen LogP contribution in [0.25, 0.3) is 0 Å². The summed E-state index contributed by atoms with van der Waals surface area (Å²) < 4.78 is 10.9. The van der Waals surface area contributed by atoms with Crippen molar-refractivity contribution in [1.82, 2.24) is 16.0 Å². The molecule has 4 N–H and O–H groups in total. The number of hydrogen-bond acceptors (Lipinski definition) is 10. The highest BCUT2D eigenvalue weighted by molar-refractivity contribution is 8.76. The minimum absolute atomic E-state index is 0.0187. The number of esters is 2. The van der Waals surface area contributed by atoms with E-state index in [9.17, 15) is 29.1 Å². The van der Waals surface area contributed by atoms with Gasteiger partial charge in [0.25, 0.3) is 0 Å². The van der Waals surface area contributed by atoms with Gasteiger partial charge in [-0.15, -0.1) is 0 Å². The second-order valence-corrected chi connectivity index (χ2v) is 13.6. The first-order chi connectivity index (χ1) is 18.4. The molecule has 3 rings (SSSR count). The Morgan fingerprint density at radius 1 is 1.08 bits per heavy atom. The lowest BCUT2D eigenvalue weighted by molar-refractivity contribution is -0.155. The van der Waals surface area contributed by atoms with Gasteiger partial charge in [-0.1, -0.05) is 27.7 Å². The van der Waals surface area contributed by atoms with E-state index >= 15 is 0 Å². The minimum Gasteiger partial charge on any atom is -0.460 e. The number of amides is 3. The molecule has 0 spiro atoms. The van der Waals surface area contributed by atoms with Gasteiger partial charge in [-0.3, -0.25) is 24.0 Å². The van der Waals surface area contributed by atoms with Crippen LogP contribution in [0.3, 0.4) is 0 Å². The van der Waals surface area contributed by atoms with Gasteiger partial charge in [0.2, 0.25) is 17.7 Å². The molecule has 1 saturated carbocycles. The summed E-state index contributed by atoms with van der Waals surface area (Å²) in [6, 6.07) is -2.76. The van der Waals surface area contributed by atoms with Gasteiger partial charge in [0.1, 0.15) is 23.8 Å². The first-order valence-corrected chi connectivity index (χ1v) is 15.8. The first kappa shape index (κ1) is 31.3. The number of ether oxygens (including phenoxy) is 2. The SMILES string of the molecule is CC(C)(C)OC(=O)CC[C@H]1NC(=O)C[C@H]2C=CCCSSC[C@@H](NC1=O)C(=O)NC(C1CC1)C(O)CC(=O)O2. The molecule has 0 aromatic rings. The molecule has 11 nitrogen and oxygen atoms in total. The van der Waals surface area contributed by atoms with Crippen LogP contribution in [0.4, 0.5) is 0 Å². The molecule has 13 heteroatoms. The molecule has 5 atom stereocenters. The Morgan fingerprint density at radius 3 is 2.51 bits per heavy atom. The molecule has 3 amide bonds. The fourth-order valence-electron chi connectivity index (χ4n) is 4.27. The molecule has 1 aliphatic carbocycles. The predicted octanol–water partition coefficient (Wildman–Crippen LogP) is 1.38. The van der Waals surface area contributed by atoms with Crippen molar-refractivity contribution in [2.24, 2.45) is 5.92 Å². The molecule has 1 saturated heterocycles. The van der Waals surface area contributed by atoms with E-state index in [2.05, 4.69) is 16.0 Å². The van der Waals surface area contributed by atoms with Crippen molar-refractivity contribution in [2.75, 3.05) is 11.5 Å². The van der Waals surface area contributed by atoms with Crippen LogP contribution in [0, 0.1) is 5.92 Å². The lowest BCUT2D eigenvalue weighted by Crippen LogP contribution is -2.57. The summed E-state index contributed by atoms with van der Waals surface area (Å²) >= 11 is 0. The topological polar surface area (TPSA) is 160 Å². The maximum absolute atomic E-state index is 13.4. The highest BCUT2D eigenvalue weighted by Gasteiger charge is 2.40. The minimum atomic E-state index is -1.18. The summed E-state index contributed by atoms with van der Waals surface area (Å²) in [6.07, 6.45) is 2.85. The van der Waals surface area contributed by atoms with Crippen LogP contribution in [0.15, 0.2) is 12.2 Å². The van der Waals surface area contributed by atoms with Crippen molar-refractivity contribution >= 4 is 51.2 Å². The first-order valence-electron chi connectivity index (χ1n) is 13.3. The third-order valence-electron chi connectivity index (χ3n) is 6.28. The maximum Gasteiger partial charge on any atom is 0.309 e. The molecular formula is C26H39N3O8S2. The summed E-state index contributed by atoms with van der Waals surface area (Å²) in [7, 11) is 2.96. The second kappa shape index (κ2) is 14.4. The number of carbonyl (C=O) groups excluding carboxylic acids is 5. The van der Waals surface area contributed by atoms with E-state index in [0.29, 0.717) is 12.2 Å². The number of rotatable bonds is 4. The van der Waals surface area contributed by atoms with Crippen LogP contribution in [-0.4, -0.2) is 82.2 Å². The number of allylic oxidation sites excluding steroid dienone is 1. The van der Waals surface area contributed by atoms with Gasteiger partial charge in [0.15, 0.2) is 0 Å². The van der Waals surface area contributed by atoms with E-state index in [0.717, 1.165) is 12.8 Å². The molecule has 2 unspecified atom stereocenters. The van der Waals surface area contributed by atoms with Crippen molar-refractivity contribution in [3.63, 3.8) is 0 Å². The van der Waals surface area contributed by atoms with Gasteiger partial charge in [-0.25, -0.2) is 0 Å². The van der Waals surface area contributed by atoms with E-state index in [4.69, 9.17) is 9.47 Å². The Hall–Kier alpha value is -2.25. The quantitative estimate of drug-likeness (QED) is 0.216. The van der Waals surface area contributed by atoms with Crippen molar-refractivity contribution in [1.29, 1.82) is 0 Å². The smallest absolute Gasteiger partial charge is 0.309 e. The highest BCUT2D eigenvalue weighted by Crippen LogP contribution is 2.35. The van der Waals surface area contributed by atoms with E-state index in [-0.39, 0.29) is 37.4 Å². The van der Waals surface area contributed by atoms with Crippen LogP contribution in [0.2, 0.25) is 0 Å². The van der Waals surface area contributed by atoms with Crippen LogP contribution in [0.1, 0.15) is 65.7 Å². The lowest BCUT2D eigenvalue weighted by atomic mass is 10.0. The summed E-state index contributed by atoms with van der Waals surface area (Å²) in [4.78, 5) is 64.7. The fraction of sp³-hybridized carbons (Fsp3) is 0.731. The number of aliphatic hydroxyl groups is 1. The van der Waals surface area contributed by atoms with Crippen LogP contribution < -0.4 is 16.0 Å². The number of fused-ring (bicyclic) bond motifs is 7. The summed E-state index contributed by atoms with van der Waals surface area (Å²) in [5.74, 6) is -1.91. The number of aliphatic hydroxyl groups excluding tert-OH is 1. The lowest BCUT2D eigenvalue weighted by Gasteiger charge is -2.27. The summed E-state index contributed by atoms with van der Waals surface area (Å²) in [5, 5.41) is 19.0. The van der Waals surface area contributed by atoms with E-state index in [1.807, 2.05) is 6.08 Å². The van der Waals surface area contributed by atoms with Gasteiger partial charge >= 0.3 is 11.9 Å². The summed E-state index contributed by atoms with van der Waals surface area (Å²) in [5.41, 5.74) is -0.708. The number of hydrogen-bond donors (Lipinski definition) is 4. The van der Waals surface area contributed by atoms with Crippen molar-refractivity contribution in [2.45, 2.75) is 102 Å². The second-order valence-electron chi connectivity index (χ2n) is 11.0. The Morgan fingerprint density at radius 2 is 1.82 bits per heavy atom. The Kier molecular flexibility index (Phi) is 11.6. The average molecular weight is 586 g/mol. The molecule has 218 valence electrons. The van der Waals surface area contributed by atoms with Gasteiger partial charge in [0.05, 0.1) is 25.0 Å². The molecule has 3 aliphatic rings. The molecule has 2 bridgehead atoms. The Balaban J connectivity index is 1.90. The molecule has 2 heterocycles. The fourth-order valence-corrected chi connectivity index (χ4v) is 6.42. The zero-order valence-corrected chi connectivity index (χ0v) is 24.2. The highest BCUT2D eigenvalue weighted by atomic mass is 33.1. The van der Waals surface area contributed by atoms with Gasteiger partial charge < -0.3 is 30.5 Å². The summed E-state index contributed by atoms with van der Waals surface area (Å²) in [6.45, 7) is 5.20. The van der Waals surface area contributed by atoms with Crippen molar-refractivity contribution in [3.05, 3.63) is 12.2 Å². The van der Waals surface area contributed by atoms with E-state index < -0.39 is 65.6 Å². The third-order valence-corrected chi connectivity index (χ3v) is 8.72. The monoisotopic (exact) mass is 585 g/mol. The van der Waals surface area contributed by atoms with Gasteiger partial charge in [-0.05, 0) is 58.4 Å². The average Bonchev–Trinajstić information content (AvgIpc) is 3.66. The molecule has 39 heavy (non-hydrogen) atoms. The van der Waals surface area contributed by atoms with Crippen LogP contribution >= 0.6 is 21.6 Å². The third kappa shape index (κ3) is 11.0. The molecule has 2 aliphatic heterocycles. The molecule has 0 radical (unpaired) electrons. The van der Waals surface area contributed by atoms with Crippen LogP contribution in [0.5, 0.6) is 0 Å². The van der Waals surface area contributed by atoms with Crippen molar-refractivity contribution in [3.8, 4) is 0 Å². The Labute approximate surface area is 236 Å². The van der Waals surface area contributed by atoms with Gasteiger partial charge in [-0.2, -0.15) is 0 Å². The molecule has 0 aromatic heterocycles. The molecule has 2 fully saturated rings. The molecule has 0 aromatic carbocycles. The largest absolute Gasteiger partial charge is 0.460 e. The maximum atomic E-state index is 13.4. The van der Waals surface area contributed by atoms with Crippen LogP contribution in [-0.2, 0) is 33.4 Å². The standard InChI is InChI=1S/C26H39N3O8S2/c1-26(2,3)37-21(32)10-9-17-24(34)28-18-14-39-38-11-5-4-6-16(12-20(31)27-17)36-22(33)13-19(30)23(15-7-8-15)29-25(18)35/h4,6,15-19,23,30H,5,7-14H2,1-3H3,(H,27,31)(H,28,34)(H,29,35)/t16-,17-,18-,19?,23?/m1/s1. The number of carbonyl (C=O) groups is 5. The molecular weight excluding hydrogens is 546 g/mol. The predicted molar refractivity (Wildman–Crippen MR) is 147 cm³/mol. The van der Waals surface area contributed by atoms with E-state index in [1.54, 1.807) is 26.8 Å². The number of nitrogens with one attached hydrogen (secondary N) is 3. The zero-order chi connectivity index (χ0) is 28.6. The Bertz CT molecular complexity index is 950. The van der Waals surface area contributed by atoms with E-state index in [1.165, 1.54) is 21.6 Å². The normalized spacial score (nSPS) is 30.0. The van der Waals surface area contributed by atoms with Gasteiger partial charge in [0, 0.05) is 17.9 Å². The zero-order valence-electron chi connectivity index (χ0n) is 22.6.